The normalized spacial score (nSPS) is 16.1. The Hall–Kier alpha value is -2.15. The fourth-order valence-electron chi connectivity index (χ4n) is 3.25. The number of rotatable bonds is 7. The second kappa shape index (κ2) is 12.4. The van der Waals surface area contributed by atoms with Crippen molar-refractivity contribution in [3.63, 3.8) is 0 Å². The van der Waals surface area contributed by atoms with Crippen molar-refractivity contribution in [2.24, 2.45) is 5.92 Å². The average Bonchev–Trinajstić information content (AvgIpc) is 3.21. The highest BCUT2D eigenvalue weighted by molar-refractivity contribution is 6.04. The fraction of sp³-hybridized carbons (Fsp3) is 0.381. The number of benzene rings is 1. The predicted octanol–water partition coefficient (Wildman–Crippen LogP) is 3.74. The molecule has 0 radical (unpaired) electrons. The summed E-state index contributed by atoms with van der Waals surface area (Å²) >= 11 is 0. The molecule has 2 aromatic rings. The summed E-state index contributed by atoms with van der Waals surface area (Å²) in [5.74, 6) is 0.534. The molecule has 29 heavy (non-hydrogen) atoms. The zero-order chi connectivity index (χ0) is 19.1. The zero-order valence-corrected chi connectivity index (χ0v) is 18.0. The van der Waals surface area contributed by atoms with Gasteiger partial charge in [0.05, 0.1) is 6.04 Å². The quantitative estimate of drug-likeness (QED) is 0.614. The summed E-state index contributed by atoms with van der Waals surface area (Å²) in [6.45, 7) is 4.06. The molecule has 3 N–H and O–H groups in total. The number of aromatic nitrogens is 1. The number of carbonyl (C=O) groups excluding carboxylic acids is 2. The van der Waals surface area contributed by atoms with E-state index in [1.54, 1.807) is 24.5 Å². The molecule has 1 saturated heterocycles. The Morgan fingerprint density at radius 1 is 1.14 bits per heavy atom. The maximum Gasteiger partial charge on any atom is 0.255 e. The first-order chi connectivity index (χ1) is 13.1. The number of nitrogens with zero attached hydrogens (tertiary/aromatic N) is 1. The number of hydrogen-bond donors (Lipinski definition) is 3. The van der Waals surface area contributed by atoms with E-state index in [1.165, 1.54) is 0 Å². The number of hydrogen-bond acceptors (Lipinski definition) is 4. The van der Waals surface area contributed by atoms with Crippen LogP contribution < -0.4 is 16.0 Å². The van der Waals surface area contributed by atoms with Gasteiger partial charge in [0.15, 0.2) is 0 Å². The SMILES string of the molecule is CC(NC(=O)CCC1CCNC1)c1ccc(NC(=O)c2ccncc2)cc1.Cl.Cl. The van der Waals surface area contributed by atoms with Crippen molar-refractivity contribution < 1.29 is 9.59 Å². The molecule has 2 unspecified atom stereocenters. The van der Waals surface area contributed by atoms with Crippen molar-refractivity contribution in [3.8, 4) is 0 Å². The second-order valence-electron chi connectivity index (χ2n) is 7.00. The van der Waals surface area contributed by atoms with E-state index in [0.717, 1.165) is 31.5 Å². The van der Waals surface area contributed by atoms with Crippen molar-refractivity contribution >= 4 is 42.3 Å². The van der Waals surface area contributed by atoms with Crippen LogP contribution in [-0.2, 0) is 4.79 Å². The number of carbonyl (C=O) groups is 2. The standard InChI is InChI=1S/C21H26N4O2.2ClH/c1-15(24-20(26)7-2-16-8-11-23-14-16)17-3-5-19(6-4-17)25-21(27)18-9-12-22-13-10-18;;/h3-6,9-10,12-13,15-16,23H,2,7-8,11,14H2,1H3,(H,24,26)(H,25,27);2*1H. The Balaban J connectivity index is 0.00000210. The third-order valence-corrected chi connectivity index (χ3v) is 4.93. The van der Waals surface area contributed by atoms with E-state index in [0.29, 0.717) is 23.6 Å². The van der Waals surface area contributed by atoms with Gasteiger partial charge in [0.25, 0.3) is 5.91 Å². The van der Waals surface area contributed by atoms with Crippen LogP contribution in [-0.4, -0.2) is 29.9 Å². The van der Waals surface area contributed by atoms with E-state index in [2.05, 4.69) is 20.9 Å². The predicted molar refractivity (Wildman–Crippen MR) is 120 cm³/mol. The number of nitrogens with one attached hydrogen (secondary N) is 3. The minimum absolute atomic E-state index is 0. The Kier molecular flexibility index (Phi) is 10.7. The Morgan fingerprint density at radius 3 is 2.45 bits per heavy atom. The van der Waals surface area contributed by atoms with Crippen LogP contribution >= 0.6 is 24.8 Å². The highest BCUT2D eigenvalue weighted by Crippen LogP contribution is 2.18. The van der Waals surface area contributed by atoms with Crippen LogP contribution in [0.15, 0.2) is 48.8 Å². The van der Waals surface area contributed by atoms with Gasteiger partial charge >= 0.3 is 0 Å². The molecule has 0 spiro atoms. The van der Waals surface area contributed by atoms with Crippen molar-refractivity contribution in [1.29, 1.82) is 0 Å². The summed E-state index contributed by atoms with van der Waals surface area (Å²) in [7, 11) is 0. The Morgan fingerprint density at radius 2 is 1.83 bits per heavy atom. The van der Waals surface area contributed by atoms with Crippen LogP contribution in [0.1, 0.15) is 48.1 Å². The number of anilines is 1. The fourth-order valence-corrected chi connectivity index (χ4v) is 3.25. The summed E-state index contributed by atoms with van der Waals surface area (Å²) in [6, 6.07) is 10.8. The van der Waals surface area contributed by atoms with Crippen LogP contribution in [0.5, 0.6) is 0 Å². The molecule has 0 saturated carbocycles. The van der Waals surface area contributed by atoms with Gasteiger partial charge in [-0.1, -0.05) is 12.1 Å². The van der Waals surface area contributed by atoms with E-state index in [1.807, 2.05) is 31.2 Å². The van der Waals surface area contributed by atoms with Gasteiger partial charge in [-0.2, -0.15) is 0 Å². The maximum atomic E-state index is 12.2. The molecule has 6 nitrogen and oxygen atoms in total. The van der Waals surface area contributed by atoms with Gasteiger partial charge in [-0.3, -0.25) is 14.6 Å². The minimum atomic E-state index is -0.173. The molecule has 1 fully saturated rings. The summed E-state index contributed by atoms with van der Waals surface area (Å²) in [5, 5.41) is 9.24. The van der Waals surface area contributed by atoms with Crippen LogP contribution in [0.25, 0.3) is 0 Å². The number of pyridine rings is 1. The molecule has 3 rings (SSSR count). The zero-order valence-electron chi connectivity index (χ0n) is 16.4. The highest BCUT2D eigenvalue weighted by Gasteiger charge is 2.17. The first-order valence-corrected chi connectivity index (χ1v) is 9.43. The van der Waals surface area contributed by atoms with Gasteiger partial charge in [-0.25, -0.2) is 0 Å². The van der Waals surface area contributed by atoms with E-state index in [-0.39, 0.29) is 42.7 Å². The Bertz CT molecular complexity index is 766. The van der Waals surface area contributed by atoms with Gasteiger partial charge in [-0.15, -0.1) is 24.8 Å². The molecule has 1 aliphatic heterocycles. The number of amides is 2. The molecule has 8 heteroatoms. The summed E-state index contributed by atoms with van der Waals surface area (Å²) < 4.78 is 0. The smallest absolute Gasteiger partial charge is 0.255 e. The largest absolute Gasteiger partial charge is 0.350 e. The third-order valence-electron chi connectivity index (χ3n) is 4.93. The van der Waals surface area contributed by atoms with Crippen LogP contribution in [0, 0.1) is 5.92 Å². The third kappa shape index (κ3) is 7.65. The lowest BCUT2D eigenvalue weighted by Crippen LogP contribution is -2.27. The summed E-state index contributed by atoms with van der Waals surface area (Å²) in [5.41, 5.74) is 2.28. The van der Waals surface area contributed by atoms with Gasteiger partial charge in [-0.05, 0) is 68.6 Å². The molecule has 158 valence electrons. The first kappa shape index (κ1) is 24.9. The van der Waals surface area contributed by atoms with Gasteiger partial charge in [0.2, 0.25) is 5.91 Å². The van der Waals surface area contributed by atoms with Gasteiger partial charge < -0.3 is 16.0 Å². The minimum Gasteiger partial charge on any atom is -0.350 e. The van der Waals surface area contributed by atoms with Crippen LogP contribution in [0.3, 0.4) is 0 Å². The molecule has 0 aliphatic carbocycles. The van der Waals surface area contributed by atoms with E-state index in [4.69, 9.17) is 0 Å². The second-order valence-corrected chi connectivity index (χ2v) is 7.00. The van der Waals surface area contributed by atoms with Gasteiger partial charge in [0.1, 0.15) is 0 Å². The van der Waals surface area contributed by atoms with Crippen molar-refractivity contribution in [2.75, 3.05) is 18.4 Å². The lowest BCUT2D eigenvalue weighted by molar-refractivity contribution is -0.122. The molecule has 2 heterocycles. The van der Waals surface area contributed by atoms with E-state index < -0.39 is 0 Å². The summed E-state index contributed by atoms with van der Waals surface area (Å²) in [4.78, 5) is 28.2. The lowest BCUT2D eigenvalue weighted by atomic mass is 10.0. The average molecular weight is 439 g/mol. The lowest BCUT2D eigenvalue weighted by Gasteiger charge is -2.16. The van der Waals surface area contributed by atoms with Crippen molar-refractivity contribution in [1.82, 2.24) is 15.6 Å². The topological polar surface area (TPSA) is 83.1 Å². The molecule has 1 aromatic heterocycles. The molecular weight excluding hydrogens is 411 g/mol. The van der Waals surface area contributed by atoms with Crippen molar-refractivity contribution in [2.45, 2.75) is 32.2 Å². The molecule has 2 atom stereocenters. The van der Waals surface area contributed by atoms with Gasteiger partial charge in [0, 0.05) is 30.1 Å². The van der Waals surface area contributed by atoms with E-state index >= 15 is 0 Å². The maximum absolute atomic E-state index is 12.2. The summed E-state index contributed by atoms with van der Waals surface area (Å²) in [6.07, 6.45) is 5.84. The first-order valence-electron chi connectivity index (χ1n) is 9.43. The molecule has 1 aromatic carbocycles. The molecular formula is C21H28Cl2N4O2. The number of halogens is 2. The van der Waals surface area contributed by atoms with Crippen LogP contribution in [0.4, 0.5) is 5.69 Å². The van der Waals surface area contributed by atoms with Crippen molar-refractivity contribution in [3.05, 3.63) is 59.9 Å². The highest BCUT2D eigenvalue weighted by atomic mass is 35.5. The Labute approximate surface area is 184 Å². The molecule has 0 bridgehead atoms. The monoisotopic (exact) mass is 438 g/mol. The van der Waals surface area contributed by atoms with E-state index in [9.17, 15) is 9.59 Å². The molecule has 1 aliphatic rings. The molecule has 2 amide bonds. The van der Waals surface area contributed by atoms with Crippen LogP contribution in [0.2, 0.25) is 0 Å².